The van der Waals surface area contributed by atoms with Crippen molar-refractivity contribution in [1.29, 1.82) is 0 Å². The van der Waals surface area contributed by atoms with Crippen LogP contribution in [0, 0.1) is 0 Å². The van der Waals surface area contributed by atoms with Crippen molar-refractivity contribution >= 4 is 23.4 Å². The van der Waals surface area contributed by atoms with Crippen molar-refractivity contribution in [1.82, 2.24) is 9.38 Å². The predicted octanol–water partition coefficient (Wildman–Crippen LogP) is 3.10. The first-order valence-corrected chi connectivity index (χ1v) is 5.45. The Morgan fingerprint density at radius 1 is 1.44 bits per heavy atom. The highest BCUT2D eigenvalue weighted by molar-refractivity contribution is 6.33. The summed E-state index contributed by atoms with van der Waals surface area (Å²) in [6.45, 7) is 6.18. The van der Waals surface area contributed by atoms with Crippen LogP contribution in [-0.4, -0.2) is 15.7 Å². The molecular formula is C12H13ClN2O. The Kier molecular flexibility index (Phi) is 2.50. The lowest BCUT2D eigenvalue weighted by Gasteiger charge is -2.16. The van der Waals surface area contributed by atoms with E-state index in [0.717, 1.165) is 12.1 Å². The third-order valence-electron chi connectivity index (χ3n) is 2.45. The maximum atomic E-state index is 10.9. The van der Waals surface area contributed by atoms with Crippen LogP contribution in [0.1, 0.15) is 37.0 Å². The Balaban J connectivity index is 2.87. The van der Waals surface area contributed by atoms with Crippen LogP contribution in [0.15, 0.2) is 18.3 Å². The monoisotopic (exact) mass is 236 g/mol. The first kappa shape index (κ1) is 11.1. The van der Waals surface area contributed by atoms with Gasteiger partial charge in [-0.1, -0.05) is 32.4 Å². The van der Waals surface area contributed by atoms with Gasteiger partial charge < -0.3 is 4.40 Å². The van der Waals surface area contributed by atoms with Crippen LogP contribution < -0.4 is 0 Å². The minimum absolute atomic E-state index is 0.114. The van der Waals surface area contributed by atoms with Crippen LogP contribution >= 0.6 is 11.6 Å². The first-order chi connectivity index (χ1) is 7.45. The van der Waals surface area contributed by atoms with Crippen molar-refractivity contribution in [3.05, 3.63) is 34.9 Å². The molecule has 2 aromatic rings. The van der Waals surface area contributed by atoms with Gasteiger partial charge in [0.05, 0.1) is 5.52 Å². The maximum Gasteiger partial charge on any atom is 0.155 e. The summed E-state index contributed by atoms with van der Waals surface area (Å²) in [5.41, 5.74) is 1.14. The highest BCUT2D eigenvalue weighted by atomic mass is 35.5. The molecule has 4 heteroatoms. The number of hydrogen-bond acceptors (Lipinski definition) is 2. The first-order valence-electron chi connectivity index (χ1n) is 5.07. The Hall–Kier alpha value is -1.35. The molecule has 3 nitrogen and oxygen atoms in total. The highest BCUT2D eigenvalue weighted by Crippen LogP contribution is 2.28. The molecule has 0 saturated carbocycles. The molecule has 2 aromatic heterocycles. The summed E-state index contributed by atoms with van der Waals surface area (Å²) >= 11 is 6.08. The van der Waals surface area contributed by atoms with Gasteiger partial charge in [-0.3, -0.25) is 4.79 Å². The highest BCUT2D eigenvalue weighted by Gasteiger charge is 2.22. The van der Waals surface area contributed by atoms with Gasteiger partial charge in [0.2, 0.25) is 0 Å². The quantitative estimate of drug-likeness (QED) is 0.713. The fourth-order valence-corrected chi connectivity index (χ4v) is 2.02. The van der Waals surface area contributed by atoms with Crippen molar-refractivity contribution in [2.24, 2.45) is 0 Å². The Morgan fingerprint density at radius 2 is 2.12 bits per heavy atom. The fraction of sp³-hybridized carbons (Fsp3) is 0.333. The molecule has 0 aliphatic rings. The molecule has 0 bridgehead atoms. The number of rotatable bonds is 1. The van der Waals surface area contributed by atoms with E-state index in [1.54, 1.807) is 6.07 Å². The third kappa shape index (κ3) is 1.61. The van der Waals surface area contributed by atoms with Crippen LogP contribution in [0.4, 0.5) is 0 Å². The number of carbonyl (C=O) groups is 1. The van der Waals surface area contributed by atoms with Crippen LogP contribution in [-0.2, 0) is 5.41 Å². The predicted molar refractivity (Wildman–Crippen MR) is 64.3 cm³/mol. The fourth-order valence-electron chi connectivity index (χ4n) is 1.74. The Labute approximate surface area is 99.1 Å². The third-order valence-corrected chi connectivity index (χ3v) is 2.71. The van der Waals surface area contributed by atoms with Crippen molar-refractivity contribution in [2.75, 3.05) is 0 Å². The van der Waals surface area contributed by atoms with E-state index >= 15 is 0 Å². The lowest BCUT2D eigenvalue weighted by molar-refractivity contribution is 0.112. The molecule has 84 valence electrons. The SMILES string of the molecule is CC(C)(C)c1nc(Cl)c2c(C=O)cccn12. The van der Waals surface area contributed by atoms with Gasteiger partial charge in [0.1, 0.15) is 5.82 Å². The summed E-state index contributed by atoms with van der Waals surface area (Å²) in [6.07, 6.45) is 2.68. The van der Waals surface area contributed by atoms with E-state index in [9.17, 15) is 4.79 Å². The minimum Gasteiger partial charge on any atom is -0.301 e. The average molecular weight is 237 g/mol. The number of pyridine rings is 1. The van der Waals surface area contributed by atoms with Crippen LogP contribution in [0.5, 0.6) is 0 Å². The summed E-state index contributed by atoms with van der Waals surface area (Å²) in [5.74, 6) is 0.858. The second-order valence-corrected chi connectivity index (χ2v) is 5.13. The molecular weight excluding hydrogens is 224 g/mol. The summed E-state index contributed by atoms with van der Waals surface area (Å²) in [5, 5.41) is 0.382. The lowest BCUT2D eigenvalue weighted by atomic mass is 9.96. The van der Waals surface area contributed by atoms with Gasteiger partial charge in [-0.05, 0) is 12.1 Å². The zero-order valence-corrected chi connectivity index (χ0v) is 10.2. The van der Waals surface area contributed by atoms with Crippen LogP contribution in [0.2, 0.25) is 5.15 Å². The van der Waals surface area contributed by atoms with E-state index in [0.29, 0.717) is 16.2 Å². The summed E-state index contributed by atoms with van der Waals surface area (Å²) < 4.78 is 1.88. The standard InChI is InChI=1S/C12H13ClN2O/c1-12(2,3)11-14-10(13)9-8(7-16)5-4-6-15(9)11/h4-7H,1-3H3. The molecule has 0 N–H and O–H groups in total. The average Bonchev–Trinajstić information content (AvgIpc) is 2.56. The number of aromatic nitrogens is 2. The summed E-state index contributed by atoms with van der Waals surface area (Å²) in [4.78, 5) is 15.3. The lowest BCUT2D eigenvalue weighted by Crippen LogP contribution is -2.15. The molecule has 0 radical (unpaired) electrons. The van der Waals surface area contributed by atoms with E-state index in [4.69, 9.17) is 11.6 Å². The number of carbonyl (C=O) groups excluding carboxylic acids is 1. The number of nitrogens with zero attached hydrogens (tertiary/aromatic N) is 2. The largest absolute Gasteiger partial charge is 0.301 e. The minimum atomic E-state index is -0.114. The van der Waals surface area contributed by atoms with Gasteiger partial charge in [0, 0.05) is 17.2 Å². The molecule has 0 amide bonds. The van der Waals surface area contributed by atoms with Gasteiger partial charge in [-0.25, -0.2) is 4.98 Å². The summed E-state index contributed by atoms with van der Waals surface area (Å²) in [6, 6.07) is 3.56. The van der Waals surface area contributed by atoms with Gasteiger partial charge in [0.25, 0.3) is 0 Å². The van der Waals surface area contributed by atoms with E-state index in [2.05, 4.69) is 25.8 Å². The number of hydrogen-bond donors (Lipinski definition) is 0. The van der Waals surface area contributed by atoms with Crippen molar-refractivity contribution < 1.29 is 4.79 Å². The number of fused-ring (bicyclic) bond motifs is 1. The van der Waals surface area contributed by atoms with Gasteiger partial charge in [-0.2, -0.15) is 0 Å². The molecule has 16 heavy (non-hydrogen) atoms. The molecule has 0 saturated heterocycles. The molecule has 0 aromatic carbocycles. The molecule has 0 aliphatic heterocycles. The molecule has 0 spiro atoms. The maximum absolute atomic E-state index is 10.9. The summed E-state index contributed by atoms with van der Waals surface area (Å²) in [7, 11) is 0. The van der Waals surface area contributed by atoms with E-state index in [-0.39, 0.29) is 5.41 Å². The van der Waals surface area contributed by atoms with E-state index in [1.165, 1.54) is 0 Å². The topological polar surface area (TPSA) is 34.4 Å². The Morgan fingerprint density at radius 3 is 2.69 bits per heavy atom. The number of halogens is 1. The molecule has 2 rings (SSSR count). The van der Waals surface area contributed by atoms with Gasteiger partial charge in [0.15, 0.2) is 11.4 Å². The molecule has 0 aliphatic carbocycles. The van der Waals surface area contributed by atoms with Crippen LogP contribution in [0.25, 0.3) is 5.52 Å². The smallest absolute Gasteiger partial charge is 0.155 e. The van der Waals surface area contributed by atoms with E-state index < -0.39 is 0 Å². The van der Waals surface area contributed by atoms with E-state index in [1.807, 2.05) is 16.7 Å². The van der Waals surface area contributed by atoms with Gasteiger partial charge in [-0.15, -0.1) is 0 Å². The zero-order valence-electron chi connectivity index (χ0n) is 9.49. The van der Waals surface area contributed by atoms with Gasteiger partial charge >= 0.3 is 0 Å². The van der Waals surface area contributed by atoms with Crippen LogP contribution in [0.3, 0.4) is 0 Å². The van der Waals surface area contributed by atoms with Crippen molar-refractivity contribution in [3.63, 3.8) is 0 Å². The second kappa shape index (κ2) is 3.59. The second-order valence-electron chi connectivity index (χ2n) is 4.78. The normalized spacial score (nSPS) is 12.0. The van der Waals surface area contributed by atoms with Crippen molar-refractivity contribution in [3.8, 4) is 0 Å². The van der Waals surface area contributed by atoms with Crippen molar-refractivity contribution in [2.45, 2.75) is 26.2 Å². The Bertz CT molecular complexity index is 552. The molecule has 0 fully saturated rings. The number of imidazole rings is 1. The molecule has 2 heterocycles. The zero-order chi connectivity index (χ0) is 11.9. The molecule has 0 unspecified atom stereocenters. The number of aldehydes is 1. The molecule has 0 atom stereocenters.